The van der Waals surface area contributed by atoms with Gasteiger partial charge in [-0.05, 0) is 12.1 Å². The maximum Gasteiger partial charge on any atom is 0.325 e. The molecule has 6 heteroatoms. The molecule has 0 aliphatic carbocycles. The number of nitrogens with zero attached hydrogens (tertiary/aromatic N) is 1. The fourth-order valence-corrected chi connectivity index (χ4v) is 2.09. The molecule has 0 N–H and O–H groups in total. The minimum absolute atomic E-state index is 0.218. The minimum Gasteiger partial charge on any atom is -0.489 e. The van der Waals surface area contributed by atoms with Crippen LogP contribution in [0.1, 0.15) is 0 Å². The van der Waals surface area contributed by atoms with Crippen LogP contribution in [0.5, 0.6) is 5.75 Å². The summed E-state index contributed by atoms with van der Waals surface area (Å²) in [7, 11) is 1.35. The van der Waals surface area contributed by atoms with Crippen LogP contribution in [0.2, 0.25) is 0 Å². The van der Waals surface area contributed by atoms with Crippen molar-refractivity contribution in [3.8, 4) is 5.75 Å². The lowest BCUT2D eigenvalue weighted by molar-refractivity contribution is -0.153. The van der Waals surface area contributed by atoms with Gasteiger partial charge in [0.2, 0.25) is 0 Å². The van der Waals surface area contributed by atoms with Crippen molar-refractivity contribution >= 4 is 5.97 Å². The Labute approximate surface area is 117 Å². The molecule has 20 heavy (non-hydrogen) atoms. The molecule has 0 saturated carbocycles. The van der Waals surface area contributed by atoms with Gasteiger partial charge in [0.25, 0.3) is 0 Å². The zero-order valence-corrected chi connectivity index (χ0v) is 11.4. The van der Waals surface area contributed by atoms with E-state index >= 15 is 0 Å². The molecule has 0 spiro atoms. The number of para-hydroxylation sites is 1. The zero-order chi connectivity index (χ0) is 14.4. The van der Waals surface area contributed by atoms with Crippen LogP contribution in [0.3, 0.4) is 0 Å². The number of hydrogen-bond donors (Lipinski definition) is 0. The summed E-state index contributed by atoms with van der Waals surface area (Å²) >= 11 is 0. The first-order valence-corrected chi connectivity index (χ1v) is 6.49. The van der Waals surface area contributed by atoms with Gasteiger partial charge in [-0.25, -0.2) is 4.39 Å². The van der Waals surface area contributed by atoms with Gasteiger partial charge < -0.3 is 14.2 Å². The lowest BCUT2D eigenvalue weighted by atomic mass is 10.2. The Morgan fingerprint density at radius 2 is 2.30 bits per heavy atom. The number of rotatable bonds is 5. The fourth-order valence-electron chi connectivity index (χ4n) is 2.09. The van der Waals surface area contributed by atoms with Crippen LogP contribution in [-0.4, -0.2) is 56.9 Å². The van der Waals surface area contributed by atoms with Crippen molar-refractivity contribution in [2.45, 2.75) is 6.04 Å². The van der Waals surface area contributed by atoms with Crippen LogP contribution >= 0.6 is 0 Å². The average Bonchev–Trinajstić information content (AvgIpc) is 2.49. The average molecular weight is 283 g/mol. The van der Waals surface area contributed by atoms with E-state index in [1.807, 2.05) is 4.90 Å². The molecule has 1 aliphatic heterocycles. The molecule has 0 aromatic heterocycles. The Morgan fingerprint density at radius 3 is 3.05 bits per heavy atom. The first-order valence-electron chi connectivity index (χ1n) is 6.49. The van der Waals surface area contributed by atoms with Crippen LogP contribution in [0.15, 0.2) is 24.3 Å². The van der Waals surface area contributed by atoms with Gasteiger partial charge in [0, 0.05) is 13.1 Å². The number of esters is 1. The number of morpholine rings is 1. The van der Waals surface area contributed by atoms with E-state index in [1.165, 1.54) is 13.2 Å². The largest absolute Gasteiger partial charge is 0.489 e. The standard InChI is InChI=1S/C14H18FNO4/c1-18-14(17)12-10-19-8-6-16(12)7-9-20-13-5-3-2-4-11(13)15/h2-5,12H,6-10H2,1H3. The normalized spacial score (nSPS) is 19.6. The maximum atomic E-state index is 13.4. The van der Waals surface area contributed by atoms with Gasteiger partial charge in [0.05, 0.1) is 20.3 Å². The van der Waals surface area contributed by atoms with Crippen LogP contribution in [-0.2, 0) is 14.3 Å². The lowest BCUT2D eigenvalue weighted by Gasteiger charge is -2.33. The lowest BCUT2D eigenvalue weighted by Crippen LogP contribution is -2.51. The highest BCUT2D eigenvalue weighted by molar-refractivity contribution is 5.75. The number of methoxy groups -OCH3 is 1. The van der Waals surface area contributed by atoms with E-state index in [0.29, 0.717) is 32.9 Å². The van der Waals surface area contributed by atoms with Crippen molar-refractivity contribution in [3.05, 3.63) is 30.1 Å². The molecule has 1 aromatic carbocycles. The summed E-state index contributed by atoms with van der Waals surface area (Å²) in [6.45, 7) is 2.31. The number of benzene rings is 1. The topological polar surface area (TPSA) is 48.0 Å². The predicted octanol–water partition coefficient (Wildman–Crippen LogP) is 1.08. The third kappa shape index (κ3) is 3.68. The quantitative estimate of drug-likeness (QED) is 0.757. The number of carbonyl (C=O) groups is 1. The molecule has 1 unspecified atom stereocenters. The Balaban J connectivity index is 1.85. The van der Waals surface area contributed by atoms with E-state index in [-0.39, 0.29) is 17.5 Å². The first-order chi connectivity index (χ1) is 9.72. The van der Waals surface area contributed by atoms with Crippen LogP contribution in [0.4, 0.5) is 4.39 Å². The monoisotopic (exact) mass is 283 g/mol. The molecule has 1 heterocycles. The van der Waals surface area contributed by atoms with Gasteiger partial charge >= 0.3 is 5.97 Å². The highest BCUT2D eigenvalue weighted by atomic mass is 19.1. The molecule has 0 radical (unpaired) electrons. The molecule has 5 nitrogen and oxygen atoms in total. The number of hydrogen-bond acceptors (Lipinski definition) is 5. The summed E-state index contributed by atoms with van der Waals surface area (Å²) in [5.74, 6) is -0.495. The second-order valence-electron chi connectivity index (χ2n) is 4.43. The van der Waals surface area contributed by atoms with Gasteiger partial charge in [-0.3, -0.25) is 9.69 Å². The van der Waals surface area contributed by atoms with E-state index in [1.54, 1.807) is 18.2 Å². The molecule has 110 valence electrons. The van der Waals surface area contributed by atoms with Crippen molar-refractivity contribution in [2.75, 3.05) is 40.0 Å². The molecular formula is C14H18FNO4. The van der Waals surface area contributed by atoms with E-state index in [0.717, 1.165) is 0 Å². The molecule has 0 bridgehead atoms. The molecule has 1 aromatic rings. The van der Waals surface area contributed by atoms with Crippen molar-refractivity contribution < 1.29 is 23.4 Å². The summed E-state index contributed by atoms with van der Waals surface area (Å²) in [5, 5.41) is 0. The summed E-state index contributed by atoms with van der Waals surface area (Å²) in [5.41, 5.74) is 0. The Hall–Kier alpha value is -1.66. The van der Waals surface area contributed by atoms with Gasteiger partial charge in [0.15, 0.2) is 11.6 Å². The van der Waals surface area contributed by atoms with E-state index < -0.39 is 6.04 Å². The fraction of sp³-hybridized carbons (Fsp3) is 0.500. The summed E-state index contributed by atoms with van der Waals surface area (Å²) in [6, 6.07) is 5.83. The number of halogens is 1. The van der Waals surface area contributed by atoms with E-state index in [4.69, 9.17) is 14.2 Å². The molecule has 2 rings (SSSR count). The smallest absolute Gasteiger partial charge is 0.325 e. The molecule has 0 amide bonds. The second-order valence-corrected chi connectivity index (χ2v) is 4.43. The van der Waals surface area contributed by atoms with Gasteiger partial charge in [-0.1, -0.05) is 12.1 Å². The van der Waals surface area contributed by atoms with Crippen molar-refractivity contribution in [2.24, 2.45) is 0 Å². The Bertz CT molecular complexity index is 455. The molecule has 1 saturated heterocycles. The van der Waals surface area contributed by atoms with Crippen molar-refractivity contribution in [1.82, 2.24) is 4.90 Å². The maximum absolute atomic E-state index is 13.4. The molecule has 1 aliphatic rings. The molecular weight excluding hydrogens is 265 g/mol. The highest BCUT2D eigenvalue weighted by Gasteiger charge is 2.29. The van der Waals surface area contributed by atoms with Gasteiger partial charge in [0.1, 0.15) is 12.6 Å². The van der Waals surface area contributed by atoms with Crippen molar-refractivity contribution in [3.63, 3.8) is 0 Å². The number of carbonyl (C=O) groups excluding carboxylic acids is 1. The van der Waals surface area contributed by atoms with Crippen LogP contribution in [0.25, 0.3) is 0 Å². The van der Waals surface area contributed by atoms with Gasteiger partial charge in [-0.2, -0.15) is 0 Å². The van der Waals surface area contributed by atoms with Crippen LogP contribution < -0.4 is 4.74 Å². The summed E-state index contributed by atoms with van der Waals surface area (Å²) < 4.78 is 28.8. The first kappa shape index (κ1) is 14.7. The number of ether oxygens (including phenoxy) is 3. The van der Waals surface area contributed by atoms with Crippen LogP contribution in [0, 0.1) is 5.82 Å². The SMILES string of the molecule is COC(=O)C1COCCN1CCOc1ccccc1F. The predicted molar refractivity (Wildman–Crippen MR) is 70.1 cm³/mol. The minimum atomic E-state index is -0.419. The third-order valence-electron chi connectivity index (χ3n) is 3.19. The Kier molecular flexibility index (Phi) is 5.31. The van der Waals surface area contributed by atoms with Gasteiger partial charge in [-0.15, -0.1) is 0 Å². The van der Waals surface area contributed by atoms with Crippen molar-refractivity contribution in [1.29, 1.82) is 0 Å². The third-order valence-corrected chi connectivity index (χ3v) is 3.19. The molecule has 1 atom stereocenters. The second kappa shape index (κ2) is 7.21. The molecule has 1 fully saturated rings. The summed E-state index contributed by atoms with van der Waals surface area (Å²) in [4.78, 5) is 13.5. The Morgan fingerprint density at radius 1 is 1.50 bits per heavy atom. The zero-order valence-electron chi connectivity index (χ0n) is 11.4. The van der Waals surface area contributed by atoms with E-state index in [9.17, 15) is 9.18 Å². The van der Waals surface area contributed by atoms with E-state index in [2.05, 4.69) is 0 Å². The highest BCUT2D eigenvalue weighted by Crippen LogP contribution is 2.15. The summed E-state index contributed by atoms with van der Waals surface area (Å²) in [6.07, 6.45) is 0.